The van der Waals surface area contributed by atoms with Gasteiger partial charge in [0.15, 0.2) is 17.6 Å². The lowest BCUT2D eigenvalue weighted by Crippen LogP contribution is -2.41. The molecule has 1 aromatic rings. The molecule has 1 aliphatic heterocycles. The topological polar surface area (TPSA) is 94.2 Å². The van der Waals surface area contributed by atoms with E-state index < -0.39 is 24.0 Å². The van der Waals surface area contributed by atoms with Crippen molar-refractivity contribution in [3.63, 3.8) is 0 Å². The number of nitrogens with zero attached hydrogens (tertiary/aromatic N) is 1. The highest BCUT2D eigenvalue weighted by Crippen LogP contribution is 2.36. The van der Waals surface area contributed by atoms with Gasteiger partial charge in [0, 0.05) is 13.1 Å². The molecule has 0 spiro atoms. The molecular weight excluding hydrogens is 340 g/mol. The van der Waals surface area contributed by atoms with Gasteiger partial charge in [0.05, 0.1) is 24.8 Å². The molecule has 0 saturated carbocycles. The second-order valence-corrected chi connectivity index (χ2v) is 5.37. The molecule has 0 bridgehead atoms. The van der Waals surface area contributed by atoms with Gasteiger partial charge >= 0.3 is 12.0 Å². The average molecular weight is 357 g/mol. The summed E-state index contributed by atoms with van der Waals surface area (Å²) in [7, 11) is 2.82. The molecule has 3 amide bonds. The lowest BCUT2D eigenvalue weighted by atomic mass is 10.2. The molecule has 1 heterocycles. The molecule has 8 nitrogen and oxygen atoms in total. The Hall–Kier alpha value is -2.48. The Labute approximate surface area is 143 Å². The molecule has 1 atom stereocenters. The van der Waals surface area contributed by atoms with Gasteiger partial charge in [-0.05, 0) is 19.1 Å². The van der Waals surface area contributed by atoms with E-state index in [4.69, 9.17) is 25.8 Å². The number of carbonyl (C=O) groups excluding carboxylic acids is 3. The van der Waals surface area contributed by atoms with Crippen LogP contribution in [0.1, 0.15) is 17.3 Å². The normalized spacial score (nSPS) is 14.8. The van der Waals surface area contributed by atoms with Crippen LogP contribution in [0.15, 0.2) is 12.1 Å². The van der Waals surface area contributed by atoms with Gasteiger partial charge in [-0.2, -0.15) is 0 Å². The van der Waals surface area contributed by atoms with E-state index in [1.165, 1.54) is 33.3 Å². The Kier molecular flexibility index (Phi) is 5.50. The maximum absolute atomic E-state index is 12.2. The summed E-state index contributed by atoms with van der Waals surface area (Å²) >= 11 is 6.04. The van der Waals surface area contributed by atoms with Gasteiger partial charge in [-0.3, -0.25) is 9.69 Å². The molecule has 0 aromatic heterocycles. The largest absolute Gasteiger partial charge is 0.493 e. The Morgan fingerprint density at radius 3 is 2.54 bits per heavy atom. The number of rotatable bonds is 5. The summed E-state index contributed by atoms with van der Waals surface area (Å²) in [5.74, 6) is -0.813. The maximum Gasteiger partial charge on any atom is 0.339 e. The second-order valence-electron chi connectivity index (χ2n) is 4.96. The van der Waals surface area contributed by atoms with Crippen LogP contribution < -0.4 is 14.8 Å². The minimum Gasteiger partial charge on any atom is -0.493 e. The number of benzene rings is 1. The van der Waals surface area contributed by atoms with E-state index in [0.717, 1.165) is 4.90 Å². The molecule has 0 radical (unpaired) electrons. The lowest BCUT2D eigenvalue weighted by Gasteiger charge is -2.18. The predicted molar refractivity (Wildman–Crippen MR) is 84.5 cm³/mol. The van der Waals surface area contributed by atoms with Gasteiger partial charge in [-0.1, -0.05) is 11.6 Å². The van der Waals surface area contributed by atoms with Crippen molar-refractivity contribution < 1.29 is 28.6 Å². The van der Waals surface area contributed by atoms with Crippen LogP contribution in [-0.4, -0.2) is 56.2 Å². The number of methoxy groups -OCH3 is 2. The van der Waals surface area contributed by atoms with Crippen molar-refractivity contribution in [2.75, 3.05) is 27.3 Å². The molecule has 9 heteroatoms. The number of halogens is 1. The van der Waals surface area contributed by atoms with E-state index in [2.05, 4.69) is 5.32 Å². The number of nitrogens with one attached hydrogen (secondary N) is 1. The van der Waals surface area contributed by atoms with Crippen LogP contribution in [0.5, 0.6) is 11.5 Å². The first kappa shape index (κ1) is 17.9. The van der Waals surface area contributed by atoms with Crippen molar-refractivity contribution in [2.45, 2.75) is 13.0 Å². The van der Waals surface area contributed by atoms with Gasteiger partial charge < -0.3 is 19.5 Å². The molecule has 24 heavy (non-hydrogen) atoms. The van der Waals surface area contributed by atoms with Gasteiger partial charge in [0.2, 0.25) is 0 Å². The molecular formula is C15H17ClN2O6. The molecule has 1 saturated heterocycles. The number of ether oxygens (including phenoxy) is 3. The lowest BCUT2D eigenvalue weighted by molar-refractivity contribution is -0.136. The summed E-state index contributed by atoms with van der Waals surface area (Å²) in [6.45, 7) is 2.01. The predicted octanol–water partition coefficient (Wildman–Crippen LogP) is 1.45. The van der Waals surface area contributed by atoms with Crippen molar-refractivity contribution in [2.24, 2.45) is 0 Å². The van der Waals surface area contributed by atoms with Gasteiger partial charge in [0.25, 0.3) is 5.91 Å². The van der Waals surface area contributed by atoms with Crippen molar-refractivity contribution >= 4 is 29.5 Å². The molecule has 1 aromatic carbocycles. The Morgan fingerprint density at radius 1 is 1.29 bits per heavy atom. The smallest absolute Gasteiger partial charge is 0.339 e. The third kappa shape index (κ3) is 3.53. The minimum atomic E-state index is -1.12. The Morgan fingerprint density at radius 2 is 2.00 bits per heavy atom. The number of amides is 3. The number of carbonyl (C=O) groups is 3. The summed E-state index contributed by atoms with van der Waals surface area (Å²) in [5, 5.41) is 2.67. The van der Waals surface area contributed by atoms with E-state index in [0.29, 0.717) is 6.54 Å². The highest BCUT2D eigenvalue weighted by Gasteiger charge is 2.32. The average Bonchev–Trinajstić information content (AvgIpc) is 2.98. The number of hydrogen-bond acceptors (Lipinski definition) is 6. The molecule has 0 aliphatic carbocycles. The zero-order valence-corrected chi connectivity index (χ0v) is 14.2. The molecule has 130 valence electrons. The Balaban J connectivity index is 2.13. The Bertz CT molecular complexity index is 678. The van der Waals surface area contributed by atoms with Crippen molar-refractivity contribution in [3.05, 3.63) is 22.7 Å². The van der Waals surface area contributed by atoms with Crippen LogP contribution >= 0.6 is 11.6 Å². The second kappa shape index (κ2) is 7.39. The first-order chi connectivity index (χ1) is 11.4. The maximum atomic E-state index is 12.2. The van der Waals surface area contributed by atoms with E-state index in [-0.39, 0.29) is 28.6 Å². The first-order valence-corrected chi connectivity index (χ1v) is 7.48. The van der Waals surface area contributed by atoms with Crippen molar-refractivity contribution in [1.29, 1.82) is 0 Å². The molecule has 2 rings (SSSR count). The third-order valence-electron chi connectivity index (χ3n) is 3.42. The van der Waals surface area contributed by atoms with Crippen LogP contribution in [0.25, 0.3) is 0 Å². The van der Waals surface area contributed by atoms with Crippen LogP contribution in [0.3, 0.4) is 0 Å². The van der Waals surface area contributed by atoms with Crippen LogP contribution in [0.4, 0.5) is 4.79 Å². The zero-order chi connectivity index (χ0) is 17.9. The highest BCUT2D eigenvalue weighted by molar-refractivity contribution is 6.32. The highest BCUT2D eigenvalue weighted by atomic mass is 35.5. The summed E-state index contributed by atoms with van der Waals surface area (Å²) in [4.78, 5) is 36.8. The van der Waals surface area contributed by atoms with E-state index in [9.17, 15) is 14.4 Å². The molecule has 1 aliphatic rings. The molecule has 1 N–H and O–H groups in total. The van der Waals surface area contributed by atoms with E-state index >= 15 is 0 Å². The summed E-state index contributed by atoms with van der Waals surface area (Å²) in [5.41, 5.74) is 0.100. The number of hydrogen-bond donors (Lipinski definition) is 1. The molecule has 1 fully saturated rings. The number of imide groups is 1. The van der Waals surface area contributed by atoms with Crippen LogP contribution in [-0.2, 0) is 9.53 Å². The van der Waals surface area contributed by atoms with Gasteiger partial charge in [-0.15, -0.1) is 0 Å². The fourth-order valence-electron chi connectivity index (χ4n) is 2.22. The van der Waals surface area contributed by atoms with Crippen LogP contribution in [0, 0.1) is 0 Å². The minimum absolute atomic E-state index is 0.100. The van der Waals surface area contributed by atoms with Crippen LogP contribution in [0.2, 0.25) is 5.02 Å². The quantitative estimate of drug-likeness (QED) is 0.802. The van der Waals surface area contributed by atoms with Gasteiger partial charge in [-0.25, -0.2) is 9.59 Å². The van der Waals surface area contributed by atoms with Gasteiger partial charge in [0.1, 0.15) is 0 Å². The fraction of sp³-hybridized carbons (Fsp3) is 0.400. The number of urea groups is 1. The fourth-order valence-corrected chi connectivity index (χ4v) is 2.50. The molecule has 1 unspecified atom stereocenters. The van der Waals surface area contributed by atoms with Crippen molar-refractivity contribution in [3.8, 4) is 11.5 Å². The van der Waals surface area contributed by atoms with E-state index in [1.54, 1.807) is 0 Å². The monoisotopic (exact) mass is 356 g/mol. The number of esters is 1. The summed E-state index contributed by atoms with van der Waals surface area (Å²) in [6.07, 6.45) is -1.12. The summed E-state index contributed by atoms with van der Waals surface area (Å²) in [6, 6.07) is 2.25. The standard InChI is InChI=1S/C15H17ClN2O6/c1-8(13(19)18-5-4-17-15(18)21)24-14(20)9-6-10(16)12(23-3)11(7-9)22-2/h6-8H,4-5H2,1-3H3,(H,17,21). The summed E-state index contributed by atoms with van der Waals surface area (Å²) < 4.78 is 15.3. The first-order valence-electron chi connectivity index (χ1n) is 7.10. The van der Waals surface area contributed by atoms with Crippen molar-refractivity contribution in [1.82, 2.24) is 10.2 Å². The third-order valence-corrected chi connectivity index (χ3v) is 3.70. The SMILES string of the molecule is COc1cc(C(=O)OC(C)C(=O)N2CCNC2=O)cc(Cl)c1OC. The zero-order valence-electron chi connectivity index (χ0n) is 13.4. The van der Waals surface area contributed by atoms with E-state index in [1.807, 2.05) is 0 Å².